The van der Waals surface area contributed by atoms with E-state index in [9.17, 15) is 18.0 Å². The average molecular weight is 640 g/mol. The highest BCUT2D eigenvalue weighted by atomic mass is 32.2. The number of rotatable bonds is 15. The summed E-state index contributed by atoms with van der Waals surface area (Å²) in [5.41, 5.74) is 2.76. The van der Waals surface area contributed by atoms with E-state index in [-0.39, 0.29) is 29.1 Å². The minimum absolute atomic E-state index is 0.0737. The van der Waals surface area contributed by atoms with Gasteiger partial charge in [-0.2, -0.15) is 0 Å². The second-order valence-electron chi connectivity index (χ2n) is 11.0. The van der Waals surface area contributed by atoms with Crippen molar-refractivity contribution in [2.24, 2.45) is 0 Å². The predicted octanol–water partition coefficient (Wildman–Crippen LogP) is 5.25. The van der Waals surface area contributed by atoms with E-state index in [0.29, 0.717) is 23.6 Å². The first-order valence-corrected chi connectivity index (χ1v) is 16.4. The van der Waals surface area contributed by atoms with Crippen LogP contribution in [0.4, 0.5) is 5.69 Å². The molecule has 0 aliphatic carbocycles. The Balaban J connectivity index is 2.13. The summed E-state index contributed by atoms with van der Waals surface area (Å²) in [7, 11) is 0.155. The molecule has 1 N–H and O–H groups in total. The largest absolute Gasteiger partial charge is 0.497 e. The standard InChI is InChI=1S/C34H45N3O7S/c1-9-25(5)35-34(39)30(10-2)36(21-26-11-13-28(42-6)14-12-26)33(38)22-37(27-18-23(3)17-24(4)19-27)45(40,41)29-15-16-31(43-7)32(20-29)44-8/h11-20,25,30H,9-10,21-22H2,1-8H3,(H,35,39)/t25-,30+/m1/s1. The number of sulfonamides is 1. The zero-order valence-corrected chi connectivity index (χ0v) is 28.2. The van der Waals surface area contributed by atoms with Gasteiger partial charge < -0.3 is 24.4 Å². The highest BCUT2D eigenvalue weighted by Gasteiger charge is 2.34. The quantitative estimate of drug-likeness (QED) is 0.242. The lowest BCUT2D eigenvalue weighted by Gasteiger charge is -2.34. The van der Waals surface area contributed by atoms with E-state index >= 15 is 0 Å². The summed E-state index contributed by atoms with van der Waals surface area (Å²) in [6.07, 6.45) is 1.05. The van der Waals surface area contributed by atoms with Gasteiger partial charge in [-0.05, 0) is 86.7 Å². The Bertz CT molecular complexity index is 1550. The van der Waals surface area contributed by atoms with Crippen LogP contribution in [0, 0.1) is 13.8 Å². The smallest absolute Gasteiger partial charge is 0.264 e. The first kappa shape index (κ1) is 35.2. The number of benzene rings is 3. The Morgan fingerprint density at radius 3 is 1.98 bits per heavy atom. The van der Waals surface area contributed by atoms with E-state index in [4.69, 9.17) is 14.2 Å². The summed E-state index contributed by atoms with van der Waals surface area (Å²) in [5.74, 6) is 0.434. The molecule has 0 aliphatic rings. The molecule has 244 valence electrons. The molecule has 0 heterocycles. The average Bonchev–Trinajstić information content (AvgIpc) is 3.02. The molecule has 3 aromatic carbocycles. The first-order valence-electron chi connectivity index (χ1n) is 14.9. The number of nitrogens with zero attached hydrogens (tertiary/aromatic N) is 2. The molecular weight excluding hydrogens is 594 g/mol. The number of carbonyl (C=O) groups is 2. The molecule has 2 atom stereocenters. The fourth-order valence-corrected chi connectivity index (χ4v) is 6.43. The molecule has 0 fully saturated rings. The number of anilines is 1. The molecular formula is C34H45N3O7S. The van der Waals surface area contributed by atoms with Gasteiger partial charge in [0.2, 0.25) is 11.8 Å². The molecule has 2 amide bonds. The van der Waals surface area contributed by atoms with E-state index in [1.54, 1.807) is 31.4 Å². The van der Waals surface area contributed by atoms with Crippen LogP contribution in [-0.2, 0) is 26.2 Å². The number of aryl methyl sites for hydroxylation is 2. The number of nitrogens with one attached hydrogen (secondary N) is 1. The Morgan fingerprint density at radius 1 is 0.822 bits per heavy atom. The van der Waals surface area contributed by atoms with Crippen LogP contribution in [0.3, 0.4) is 0 Å². The second kappa shape index (κ2) is 15.7. The third-order valence-corrected chi connectivity index (χ3v) is 9.39. The van der Waals surface area contributed by atoms with Crippen molar-refractivity contribution >= 4 is 27.5 Å². The molecule has 11 heteroatoms. The first-order chi connectivity index (χ1) is 21.4. The number of carbonyl (C=O) groups excluding carboxylic acids is 2. The van der Waals surface area contributed by atoms with Gasteiger partial charge in [-0.1, -0.05) is 32.0 Å². The molecule has 0 aromatic heterocycles. The molecule has 3 aromatic rings. The van der Waals surface area contributed by atoms with Gasteiger partial charge in [0, 0.05) is 18.7 Å². The maximum Gasteiger partial charge on any atom is 0.264 e. The lowest BCUT2D eigenvalue weighted by molar-refractivity contribution is -0.140. The van der Waals surface area contributed by atoms with Gasteiger partial charge in [-0.15, -0.1) is 0 Å². The number of hydrogen-bond acceptors (Lipinski definition) is 7. The van der Waals surface area contributed by atoms with Crippen LogP contribution in [0.2, 0.25) is 0 Å². The molecule has 45 heavy (non-hydrogen) atoms. The third kappa shape index (κ3) is 8.69. The van der Waals surface area contributed by atoms with E-state index in [1.165, 1.54) is 37.3 Å². The van der Waals surface area contributed by atoms with Crippen molar-refractivity contribution in [3.8, 4) is 17.2 Å². The zero-order valence-electron chi connectivity index (χ0n) is 27.4. The lowest BCUT2D eigenvalue weighted by atomic mass is 10.1. The fraction of sp³-hybridized carbons (Fsp3) is 0.412. The Kier molecular flexibility index (Phi) is 12.3. The second-order valence-corrected chi connectivity index (χ2v) is 12.8. The van der Waals surface area contributed by atoms with Gasteiger partial charge in [0.25, 0.3) is 10.0 Å². The van der Waals surface area contributed by atoms with Gasteiger partial charge in [0.1, 0.15) is 18.3 Å². The van der Waals surface area contributed by atoms with E-state index in [2.05, 4.69) is 5.32 Å². The SMILES string of the molecule is CC[C@@H](C)NC(=O)[C@H](CC)N(Cc1ccc(OC)cc1)C(=O)CN(c1cc(C)cc(C)c1)S(=O)(=O)c1ccc(OC)c(OC)c1. The van der Waals surface area contributed by atoms with Gasteiger partial charge >= 0.3 is 0 Å². The van der Waals surface area contributed by atoms with Crippen LogP contribution in [0.15, 0.2) is 65.6 Å². The summed E-state index contributed by atoms with van der Waals surface area (Å²) in [4.78, 5) is 29.2. The fourth-order valence-electron chi connectivity index (χ4n) is 5.02. The number of ether oxygens (including phenoxy) is 3. The molecule has 0 aliphatic heterocycles. The summed E-state index contributed by atoms with van der Waals surface area (Å²) in [5, 5.41) is 2.99. The van der Waals surface area contributed by atoms with Crippen molar-refractivity contribution in [3.05, 3.63) is 77.4 Å². The predicted molar refractivity (Wildman–Crippen MR) is 176 cm³/mol. The number of methoxy groups -OCH3 is 3. The van der Waals surface area contributed by atoms with Crippen molar-refractivity contribution in [1.29, 1.82) is 0 Å². The summed E-state index contributed by atoms with van der Waals surface area (Å²) in [6.45, 7) is 8.97. The van der Waals surface area contributed by atoms with E-state index < -0.39 is 28.5 Å². The normalized spacial score (nSPS) is 12.5. The van der Waals surface area contributed by atoms with Gasteiger partial charge in [0.15, 0.2) is 11.5 Å². The highest BCUT2D eigenvalue weighted by molar-refractivity contribution is 7.92. The zero-order chi connectivity index (χ0) is 33.3. The van der Waals surface area contributed by atoms with E-state index in [1.807, 2.05) is 52.8 Å². The molecule has 0 radical (unpaired) electrons. The van der Waals surface area contributed by atoms with Crippen molar-refractivity contribution in [3.63, 3.8) is 0 Å². The highest BCUT2D eigenvalue weighted by Crippen LogP contribution is 2.33. The topological polar surface area (TPSA) is 114 Å². The number of amides is 2. The van der Waals surface area contributed by atoms with Crippen LogP contribution in [0.5, 0.6) is 17.2 Å². The van der Waals surface area contributed by atoms with Crippen LogP contribution >= 0.6 is 0 Å². The Hall–Kier alpha value is -4.25. The van der Waals surface area contributed by atoms with Gasteiger partial charge in [-0.25, -0.2) is 8.42 Å². The summed E-state index contributed by atoms with van der Waals surface area (Å²) < 4.78 is 45.7. The lowest BCUT2D eigenvalue weighted by Crippen LogP contribution is -2.53. The molecule has 0 bridgehead atoms. The molecule has 0 saturated carbocycles. The van der Waals surface area contributed by atoms with E-state index in [0.717, 1.165) is 27.4 Å². The van der Waals surface area contributed by atoms with Crippen LogP contribution in [0.1, 0.15) is 50.3 Å². The van der Waals surface area contributed by atoms with Crippen LogP contribution < -0.4 is 23.8 Å². The van der Waals surface area contributed by atoms with Crippen molar-refractivity contribution in [1.82, 2.24) is 10.2 Å². The monoisotopic (exact) mass is 639 g/mol. The van der Waals surface area contributed by atoms with Crippen molar-refractivity contribution in [2.45, 2.75) is 71.0 Å². The van der Waals surface area contributed by atoms with Crippen molar-refractivity contribution < 1.29 is 32.2 Å². The maximum absolute atomic E-state index is 14.4. The third-order valence-electron chi connectivity index (χ3n) is 7.62. The minimum Gasteiger partial charge on any atom is -0.497 e. The van der Waals surface area contributed by atoms with Gasteiger partial charge in [0.05, 0.1) is 31.9 Å². The van der Waals surface area contributed by atoms with Crippen LogP contribution in [0.25, 0.3) is 0 Å². The molecule has 3 rings (SSSR count). The summed E-state index contributed by atoms with van der Waals surface area (Å²) in [6, 6.07) is 15.9. The van der Waals surface area contributed by atoms with Crippen molar-refractivity contribution in [2.75, 3.05) is 32.2 Å². The van der Waals surface area contributed by atoms with Crippen LogP contribution in [-0.4, -0.2) is 65.1 Å². The maximum atomic E-state index is 14.4. The Labute approximate surface area is 267 Å². The molecule has 0 spiro atoms. The molecule has 0 saturated heterocycles. The molecule has 10 nitrogen and oxygen atoms in total. The summed E-state index contributed by atoms with van der Waals surface area (Å²) >= 11 is 0. The minimum atomic E-state index is -4.30. The van der Waals surface area contributed by atoms with Gasteiger partial charge in [-0.3, -0.25) is 13.9 Å². The number of hydrogen-bond donors (Lipinski definition) is 1. The Morgan fingerprint density at radius 2 is 1.44 bits per heavy atom. The molecule has 0 unspecified atom stereocenters.